The van der Waals surface area contributed by atoms with Gasteiger partial charge in [0.1, 0.15) is 11.6 Å². The Labute approximate surface area is 356 Å². The maximum atomic E-state index is 14.7. The van der Waals surface area contributed by atoms with Crippen molar-refractivity contribution in [3.8, 4) is 0 Å². The van der Waals surface area contributed by atoms with Gasteiger partial charge in [-0.25, -0.2) is 47.6 Å². The van der Waals surface area contributed by atoms with E-state index in [1.807, 2.05) is 27.3 Å². The molecule has 2 fully saturated rings. The van der Waals surface area contributed by atoms with Gasteiger partial charge in [-0.1, -0.05) is 18.2 Å². The Balaban J connectivity index is 0.000000228. The second kappa shape index (κ2) is 18.4. The van der Waals surface area contributed by atoms with Crippen molar-refractivity contribution in [3.05, 3.63) is 126 Å². The third-order valence-corrected chi connectivity index (χ3v) is 15.7. The first kappa shape index (κ1) is 47.5. The smallest absolute Gasteiger partial charge is 0.238 e. The minimum Gasteiger partial charge on any atom is -0.394 e. The first-order valence-electron chi connectivity index (χ1n) is 18.4. The van der Waals surface area contributed by atoms with Gasteiger partial charge in [0.2, 0.25) is 20.0 Å². The lowest BCUT2D eigenvalue weighted by Gasteiger charge is -2.23. The van der Waals surface area contributed by atoms with Crippen molar-refractivity contribution in [1.29, 1.82) is 0 Å². The molecule has 6 N–H and O–H groups in total. The molecule has 2 unspecified atom stereocenters. The first-order chi connectivity index (χ1) is 28.0. The van der Waals surface area contributed by atoms with E-state index in [1.165, 1.54) is 31.2 Å². The third kappa shape index (κ3) is 10.4. The number of halogens is 8. The summed E-state index contributed by atoms with van der Waals surface area (Å²) in [5, 5.41) is 37.4. The Kier molecular flexibility index (Phi) is 14.6. The lowest BCUT2D eigenvalue weighted by Crippen LogP contribution is -2.35. The highest BCUT2D eigenvalue weighted by Crippen LogP contribution is 2.49. The number of aliphatic hydroxyl groups excluding tert-OH is 4. The van der Waals surface area contributed by atoms with Crippen LogP contribution < -0.4 is 9.44 Å². The molecular formula is C40H42F7IN2O8S2. The van der Waals surface area contributed by atoms with E-state index in [1.54, 1.807) is 13.0 Å². The van der Waals surface area contributed by atoms with Gasteiger partial charge in [0.05, 0.1) is 46.3 Å². The predicted octanol–water partition coefficient (Wildman–Crippen LogP) is 6.79. The Morgan fingerprint density at radius 3 is 1.50 bits per heavy atom. The number of hydrogen-bond acceptors (Lipinski definition) is 8. The van der Waals surface area contributed by atoms with Gasteiger partial charge in [-0.15, -0.1) is 0 Å². The highest BCUT2D eigenvalue weighted by molar-refractivity contribution is 14.1. The molecule has 0 spiro atoms. The van der Waals surface area contributed by atoms with Gasteiger partial charge in [0.25, 0.3) is 0 Å². The zero-order valence-corrected chi connectivity index (χ0v) is 35.9. The molecule has 2 atom stereocenters. The number of rotatable bonds is 16. The summed E-state index contributed by atoms with van der Waals surface area (Å²) in [6.07, 6.45) is -3.11. The lowest BCUT2D eigenvalue weighted by atomic mass is 9.98. The molecule has 60 heavy (non-hydrogen) atoms. The fourth-order valence-electron chi connectivity index (χ4n) is 6.81. The molecule has 0 aliphatic heterocycles. The van der Waals surface area contributed by atoms with E-state index >= 15 is 0 Å². The van der Waals surface area contributed by atoms with Crippen LogP contribution in [0.15, 0.2) is 48.5 Å². The summed E-state index contributed by atoms with van der Waals surface area (Å²) in [6, 6.07) is 9.42. The van der Waals surface area contributed by atoms with Crippen molar-refractivity contribution in [2.75, 3.05) is 22.7 Å². The molecule has 2 aliphatic rings. The maximum absolute atomic E-state index is 14.7. The lowest BCUT2D eigenvalue weighted by molar-refractivity contribution is 0.0858. The summed E-state index contributed by atoms with van der Waals surface area (Å²) in [5.74, 6) is -8.12. The molecule has 2 aliphatic carbocycles. The van der Waals surface area contributed by atoms with Crippen molar-refractivity contribution < 1.29 is 68.0 Å². The third-order valence-electron chi connectivity index (χ3n) is 10.6. The number of benzene rings is 4. The molecule has 0 aromatic heterocycles. The normalized spacial score (nSPS) is 16.4. The second-order valence-electron chi connectivity index (χ2n) is 15.2. The van der Waals surface area contributed by atoms with Crippen molar-refractivity contribution in [1.82, 2.24) is 0 Å². The van der Waals surface area contributed by atoms with E-state index in [9.17, 15) is 57.8 Å². The van der Waals surface area contributed by atoms with Crippen LogP contribution >= 0.6 is 22.6 Å². The Morgan fingerprint density at radius 2 is 1.05 bits per heavy atom. The van der Waals surface area contributed by atoms with Crippen LogP contribution in [0.2, 0.25) is 0 Å². The standard InChI is InChI=1S/C21H24F3NO4S.C19H18F4INO4S/c1-12-3-4-14(17(22)7-12)9-16-19(24)18(23)8-13(2)20(16)25-30(28,29)21(5-6-21)10-15(27)11-26;20-14-6-11(24)2-1-10(14)5-13-17(23)15(21)7-16(22)18(13)25-30(28,29)19(3-4-19)8-12(27)9-26/h3-4,7-8,15,25-27H,5-6,9-11H2,1-2H3;1-2,6-7,12,25-27H,3-5,8-9H2. The van der Waals surface area contributed by atoms with Gasteiger partial charge >= 0.3 is 0 Å². The number of hydrogen-bond donors (Lipinski definition) is 6. The van der Waals surface area contributed by atoms with Crippen LogP contribution in [0.5, 0.6) is 0 Å². The second-order valence-corrected chi connectivity index (χ2v) is 20.6. The summed E-state index contributed by atoms with van der Waals surface area (Å²) in [6.45, 7) is 1.88. The van der Waals surface area contributed by atoms with Crippen molar-refractivity contribution in [3.63, 3.8) is 0 Å². The Hall–Kier alpha value is -3.54. The predicted molar refractivity (Wildman–Crippen MR) is 218 cm³/mol. The van der Waals surface area contributed by atoms with Gasteiger partial charge in [0.15, 0.2) is 29.1 Å². The quantitative estimate of drug-likeness (QED) is 0.0405. The van der Waals surface area contributed by atoms with Crippen LogP contribution in [-0.4, -0.2) is 72.2 Å². The molecule has 0 amide bonds. The van der Waals surface area contributed by atoms with Crippen molar-refractivity contribution in [2.45, 2.75) is 86.9 Å². The largest absolute Gasteiger partial charge is 0.394 e. The Morgan fingerprint density at radius 1 is 0.617 bits per heavy atom. The van der Waals surface area contributed by atoms with E-state index in [0.29, 0.717) is 9.13 Å². The highest BCUT2D eigenvalue weighted by atomic mass is 127. The Bertz CT molecular complexity index is 2320. The minimum absolute atomic E-state index is 0.0726. The van der Waals surface area contributed by atoms with E-state index in [0.717, 1.165) is 12.1 Å². The molecule has 4 aromatic carbocycles. The van der Waals surface area contributed by atoms with E-state index in [-0.39, 0.29) is 79.0 Å². The molecule has 2 saturated carbocycles. The molecule has 10 nitrogen and oxygen atoms in total. The van der Waals surface area contributed by atoms with E-state index in [2.05, 4.69) is 4.72 Å². The monoisotopic (exact) mass is 1000 g/mol. The number of anilines is 2. The van der Waals surface area contributed by atoms with E-state index < -0.39 is 113 Å². The molecule has 0 bridgehead atoms. The summed E-state index contributed by atoms with van der Waals surface area (Å²) < 4.78 is 154. The van der Waals surface area contributed by atoms with Gasteiger partial charge in [-0.2, -0.15) is 0 Å². The summed E-state index contributed by atoms with van der Waals surface area (Å²) in [4.78, 5) is 0. The summed E-state index contributed by atoms with van der Waals surface area (Å²) in [5.41, 5.74) is -1.08. The molecule has 0 saturated heterocycles. The number of aliphatic hydroxyl groups is 4. The number of aryl methyl sites for hydroxylation is 2. The SMILES string of the molecule is Cc1ccc(Cc2c(F)c(F)cc(C)c2NS(=O)(=O)C2(CC(O)CO)CC2)c(F)c1.O=S(=O)(Nc1c(F)cc(F)c(F)c1Cc1ccc(I)cc1F)C1(CC(O)CO)CC1. The highest BCUT2D eigenvalue weighted by Gasteiger charge is 2.56. The zero-order valence-electron chi connectivity index (χ0n) is 32.1. The van der Waals surface area contributed by atoms with E-state index in [4.69, 9.17) is 10.2 Å². The summed E-state index contributed by atoms with van der Waals surface area (Å²) >= 11 is 1.86. The van der Waals surface area contributed by atoms with Crippen molar-refractivity contribution in [2.24, 2.45) is 0 Å². The molecule has 0 radical (unpaired) electrons. The fourth-order valence-corrected chi connectivity index (χ4v) is 10.8. The molecular weight excluding hydrogens is 960 g/mol. The molecule has 0 heterocycles. The number of nitrogens with one attached hydrogen (secondary N) is 2. The van der Waals surface area contributed by atoms with Crippen LogP contribution in [0.3, 0.4) is 0 Å². The maximum Gasteiger partial charge on any atom is 0.238 e. The molecule has 6 rings (SSSR count). The molecule has 20 heteroatoms. The van der Waals surface area contributed by atoms with Crippen LogP contribution in [0, 0.1) is 58.1 Å². The first-order valence-corrected chi connectivity index (χ1v) is 22.5. The molecule has 4 aromatic rings. The topological polar surface area (TPSA) is 173 Å². The zero-order chi connectivity index (χ0) is 44.5. The van der Waals surface area contributed by atoms with Gasteiger partial charge < -0.3 is 20.4 Å². The van der Waals surface area contributed by atoms with Crippen LogP contribution in [0.25, 0.3) is 0 Å². The molecule has 328 valence electrons. The fraction of sp³-hybridized carbons (Fsp3) is 0.400. The van der Waals surface area contributed by atoms with Crippen LogP contribution in [-0.2, 0) is 32.9 Å². The van der Waals surface area contributed by atoms with Gasteiger partial charge in [-0.3, -0.25) is 9.44 Å². The van der Waals surface area contributed by atoms with Gasteiger partial charge in [-0.05, 0) is 121 Å². The summed E-state index contributed by atoms with van der Waals surface area (Å²) in [7, 11) is -8.43. The number of sulfonamides is 2. The minimum atomic E-state index is -4.34. The van der Waals surface area contributed by atoms with Crippen LogP contribution in [0.4, 0.5) is 42.1 Å². The average Bonchev–Trinajstić information content (AvgIpc) is 4.12. The van der Waals surface area contributed by atoms with Crippen molar-refractivity contribution >= 4 is 54.0 Å². The van der Waals surface area contributed by atoms with Crippen LogP contribution in [0.1, 0.15) is 71.9 Å². The van der Waals surface area contributed by atoms with Gasteiger partial charge in [0, 0.05) is 33.6 Å². The average molecular weight is 1000 g/mol.